The smallest absolute Gasteiger partial charge is 0.0625 e. The Hall–Kier alpha value is -0.310. The van der Waals surface area contributed by atoms with Gasteiger partial charge in [0.25, 0.3) is 0 Å². The van der Waals surface area contributed by atoms with E-state index < -0.39 is 0 Å². The first-order valence-corrected chi connectivity index (χ1v) is 7.31. The third-order valence-electron chi connectivity index (χ3n) is 2.56. The Morgan fingerprint density at radius 2 is 1.29 bits per heavy atom. The van der Waals surface area contributed by atoms with Crippen LogP contribution >= 0.6 is 43.5 Å². The van der Waals surface area contributed by atoms with E-state index >= 15 is 0 Å². The van der Waals surface area contributed by atoms with Gasteiger partial charge in [-0.15, -0.1) is 11.6 Å². The highest BCUT2D eigenvalue weighted by molar-refractivity contribution is 9.10. The topological polar surface area (TPSA) is 0 Å². The number of alkyl halides is 1. The first kappa shape index (κ1) is 13.1. The standard InChI is InChI=1S/C14H11Br2Cl/c15-12-5-1-10(2-6-12)9-14(17)11-3-7-13(16)8-4-11/h1-8,14H,9H2. The summed E-state index contributed by atoms with van der Waals surface area (Å²) in [5.74, 6) is 0. The van der Waals surface area contributed by atoms with Crippen molar-refractivity contribution < 1.29 is 0 Å². The first-order valence-electron chi connectivity index (χ1n) is 5.29. The predicted octanol–water partition coefficient (Wildman–Crippen LogP) is 5.73. The van der Waals surface area contributed by atoms with Gasteiger partial charge in [0.2, 0.25) is 0 Å². The Kier molecular flexibility index (Phi) is 4.66. The molecule has 0 heterocycles. The van der Waals surface area contributed by atoms with Crippen LogP contribution in [-0.4, -0.2) is 0 Å². The van der Waals surface area contributed by atoms with Crippen molar-refractivity contribution in [2.45, 2.75) is 11.8 Å². The molecule has 2 aromatic carbocycles. The number of halogens is 3. The van der Waals surface area contributed by atoms with E-state index in [1.807, 2.05) is 24.3 Å². The molecule has 2 rings (SSSR count). The molecule has 0 aliphatic heterocycles. The van der Waals surface area contributed by atoms with E-state index in [4.69, 9.17) is 11.6 Å². The van der Waals surface area contributed by atoms with Crippen LogP contribution in [0.5, 0.6) is 0 Å². The van der Waals surface area contributed by atoms with Crippen LogP contribution in [0.4, 0.5) is 0 Å². The molecule has 0 nitrogen and oxygen atoms in total. The van der Waals surface area contributed by atoms with Crippen LogP contribution in [-0.2, 0) is 6.42 Å². The zero-order valence-electron chi connectivity index (χ0n) is 9.04. The molecule has 3 heteroatoms. The van der Waals surface area contributed by atoms with E-state index in [2.05, 4.69) is 56.1 Å². The second-order valence-electron chi connectivity index (χ2n) is 3.85. The monoisotopic (exact) mass is 372 g/mol. The van der Waals surface area contributed by atoms with Crippen LogP contribution in [0.15, 0.2) is 57.5 Å². The van der Waals surface area contributed by atoms with E-state index in [0.717, 1.165) is 20.9 Å². The van der Waals surface area contributed by atoms with Gasteiger partial charge in [-0.25, -0.2) is 0 Å². The van der Waals surface area contributed by atoms with Gasteiger partial charge in [-0.1, -0.05) is 56.1 Å². The number of hydrogen-bond acceptors (Lipinski definition) is 0. The molecule has 0 saturated heterocycles. The molecule has 0 saturated carbocycles. The van der Waals surface area contributed by atoms with Gasteiger partial charge in [0.15, 0.2) is 0 Å². The average molecular weight is 375 g/mol. The van der Waals surface area contributed by atoms with E-state index in [9.17, 15) is 0 Å². The SMILES string of the molecule is ClC(Cc1ccc(Br)cc1)c1ccc(Br)cc1. The van der Waals surface area contributed by atoms with Gasteiger partial charge in [0.1, 0.15) is 0 Å². The molecule has 0 amide bonds. The minimum Gasteiger partial charge on any atom is -0.117 e. The van der Waals surface area contributed by atoms with Crippen molar-refractivity contribution in [2.75, 3.05) is 0 Å². The van der Waals surface area contributed by atoms with Crippen molar-refractivity contribution >= 4 is 43.5 Å². The number of benzene rings is 2. The first-order chi connectivity index (χ1) is 8.15. The van der Waals surface area contributed by atoms with Gasteiger partial charge < -0.3 is 0 Å². The van der Waals surface area contributed by atoms with E-state index in [1.165, 1.54) is 5.56 Å². The van der Waals surface area contributed by atoms with Crippen LogP contribution in [0.2, 0.25) is 0 Å². The van der Waals surface area contributed by atoms with E-state index in [-0.39, 0.29) is 5.38 Å². The molecule has 0 radical (unpaired) electrons. The lowest BCUT2D eigenvalue weighted by Gasteiger charge is -2.10. The van der Waals surface area contributed by atoms with Crippen molar-refractivity contribution in [3.8, 4) is 0 Å². The highest BCUT2D eigenvalue weighted by Crippen LogP contribution is 2.26. The zero-order chi connectivity index (χ0) is 12.3. The maximum absolute atomic E-state index is 6.41. The summed E-state index contributed by atoms with van der Waals surface area (Å²) in [6.07, 6.45) is 0.844. The lowest BCUT2D eigenvalue weighted by molar-refractivity contribution is 0.919. The molecule has 1 unspecified atom stereocenters. The van der Waals surface area contributed by atoms with Gasteiger partial charge >= 0.3 is 0 Å². The summed E-state index contributed by atoms with van der Waals surface area (Å²) in [5, 5.41) is 0.0178. The zero-order valence-corrected chi connectivity index (χ0v) is 13.0. The Bertz CT molecular complexity index is 477. The molecular formula is C14H11Br2Cl. The van der Waals surface area contributed by atoms with Gasteiger partial charge in [-0.05, 0) is 41.8 Å². The minimum absolute atomic E-state index is 0.0178. The lowest BCUT2D eigenvalue weighted by Crippen LogP contribution is -1.95. The second kappa shape index (κ2) is 6.03. The lowest BCUT2D eigenvalue weighted by atomic mass is 10.0. The van der Waals surface area contributed by atoms with Gasteiger partial charge in [0.05, 0.1) is 5.38 Å². The van der Waals surface area contributed by atoms with Crippen LogP contribution in [0.3, 0.4) is 0 Å². The van der Waals surface area contributed by atoms with E-state index in [1.54, 1.807) is 0 Å². The van der Waals surface area contributed by atoms with Crippen molar-refractivity contribution in [1.82, 2.24) is 0 Å². The van der Waals surface area contributed by atoms with Crippen molar-refractivity contribution in [3.63, 3.8) is 0 Å². The normalized spacial score (nSPS) is 12.4. The molecule has 0 aliphatic rings. The van der Waals surface area contributed by atoms with Gasteiger partial charge in [-0.3, -0.25) is 0 Å². The summed E-state index contributed by atoms with van der Waals surface area (Å²) in [7, 11) is 0. The van der Waals surface area contributed by atoms with Crippen molar-refractivity contribution in [2.24, 2.45) is 0 Å². The summed E-state index contributed by atoms with van der Waals surface area (Å²) in [4.78, 5) is 0. The molecule has 2 aromatic rings. The summed E-state index contributed by atoms with van der Waals surface area (Å²) in [5.41, 5.74) is 2.40. The largest absolute Gasteiger partial charge is 0.117 e. The molecular weight excluding hydrogens is 363 g/mol. The Morgan fingerprint density at radius 3 is 1.82 bits per heavy atom. The Morgan fingerprint density at radius 1 is 0.824 bits per heavy atom. The van der Waals surface area contributed by atoms with Crippen molar-refractivity contribution in [3.05, 3.63) is 68.6 Å². The summed E-state index contributed by atoms with van der Waals surface area (Å²) >= 11 is 13.3. The fourth-order valence-corrected chi connectivity index (χ4v) is 2.47. The molecule has 0 aliphatic carbocycles. The minimum atomic E-state index is 0.0178. The average Bonchev–Trinajstić information content (AvgIpc) is 2.33. The summed E-state index contributed by atoms with van der Waals surface area (Å²) < 4.78 is 2.17. The molecule has 1 atom stereocenters. The third kappa shape index (κ3) is 3.84. The molecule has 0 bridgehead atoms. The van der Waals surface area contributed by atoms with Crippen LogP contribution in [0, 0.1) is 0 Å². The van der Waals surface area contributed by atoms with Gasteiger partial charge in [0, 0.05) is 8.95 Å². The van der Waals surface area contributed by atoms with E-state index in [0.29, 0.717) is 0 Å². The maximum atomic E-state index is 6.41. The predicted molar refractivity (Wildman–Crippen MR) is 80.6 cm³/mol. The summed E-state index contributed by atoms with van der Waals surface area (Å²) in [6.45, 7) is 0. The number of hydrogen-bond donors (Lipinski definition) is 0. The Balaban J connectivity index is 2.08. The highest BCUT2D eigenvalue weighted by Gasteiger charge is 2.08. The molecule has 0 N–H and O–H groups in total. The summed E-state index contributed by atoms with van der Waals surface area (Å²) in [6, 6.07) is 16.4. The molecule has 17 heavy (non-hydrogen) atoms. The Labute approximate surface area is 123 Å². The maximum Gasteiger partial charge on any atom is 0.0625 e. The molecule has 0 spiro atoms. The van der Waals surface area contributed by atoms with Crippen LogP contribution in [0.25, 0.3) is 0 Å². The fraction of sp³-hybridized carbons (Fsp3) is 0.143. The molecule has 0 fully saturated rings. The van der Waals surface area contributed by atoms with Crippen LogP contribution < -0.4 is 0 Å². The molecule has 88 valence electrons. The van der Waals surface area contributed by atoms with Gasteiger partial charge in [-0.2, -0.15) is 0 Å². The van der Waals surface area contributed by atoms with Crippen molar-refractivity contribution in [1.29, 1.82) is 0 Å². The van der Waals surface area contributed by atoms with Crippen LogP contribution in [0.1, 0.15) is 16.5 Å². The fourth-order valence-electron chi connectivity index (χ4n) is 1.62. The number of rotatable bonds is 3. The second-order valence-corrected chi connectivity index (χ2v) is 6.21. The quantitative estimate of drug-likeness (QED) is 0.602. The molecule has 0 aromatic heterocycles. The highest BCUT2D eigenvalue weighted by atomic mass is 79.9. The third-order valence-corrected chi connectivity index (χ3v) is 4.02.